The normalized spacial score (nSPS) is 12.2. The molecule has 134 valence electrons. The van der Waals surface area contributed by atoms with Crippen molar-refractivity contribution in [2.45, 2.75) is 0 Å². The molecule has 0 unspecified atom stereocenters. The fraction of sp³-hybridized carbons (Fsp3) is 0.176. The number of nitro groups is 1. The highest BCUT2D eigenvalue weighted by atomic mass is 16.6. The van der Waals surface area contributed by atoms with E-state index in [1.165, 1.54) is 37.4 Å². The number of methoxy groups -OCH3 is 1. The van der Waals surface area contributed by atoms with Crippen LogP contribution in [0.5, 0.6) is 17.2 Å². The second kappa shape index (κ2) is 7.09. The Balaban J connectivity index is 1.87. The van der Waals surface area contributed by atoms with Crippen molar-refractivity contribution in [1.29, 1.82) is 0 Å². The van der Waals surface area contributed by atoms with Gasteiger partial charge in [0.2, 0.25) is 0 Å². The van der Waals surface area contributed by atoms with Crippen molar-refractivity contribution >= 4 is 17.6 Å². The number of hydrogen-bond acceptors (Lipinski definition) is 8. The first-order valence-electron chi connectivity index (χ1n) is 7.48. The van der Waals surface area contributed by atoms with Gasteiger partial charge in [0, 0.05) is 6.07 Å². The van der Waals surface area contributed by atoms with E-state index in [0.717, 1.165) is 6.07 Å². The van der Waals surface area contributed by atoms with Gasteiger partial charge in [-0.15, -0.1) is 0 Å². The maximum atomic E-state index is 12.4. The van der Waals surface area contributed by atoms with Crippen LogP contribution in [0.15, 0.2) is 36.4 Å². The lowest BCUT2D eigenvalue weighted by atomic mass is 10.1. The monoisotopic (exact) mass is 359 g/mol. The third kappa shape index (κ3) is 3.41. The van der Waals surface area contributed by atoms with Crippen molar-refractivity contribution in [3.8, 4) is 17.2 Å². The number of esters is 2. The lowest BCUT2D eigenvalue weighted by Gasteiger charge is -2.18. The minimum Gasteiger partial charge on any atom is -0.486 e. The Bertz CT molecular complexity index is 875. The van der Waals surface area contributed by atoms with Crippen molar-refractivity contribution < 1.29 is 33.5 Å². The van der Waals surface area contributed by atoms with Gasteiger partial charge in [0.05, 0.1) is 23.7 Å². The van der Waals surface area contributed by atoms with Crippen molar-refractivity contribution in [3.63, 3.8) is 0 Å². The van der Waals surface area contributed by atoms with Crippen molar-refractivity contribution in [2.24, 2.45) is 0 Å². The fourth-order valence-corrected chi connectivity index (χ4v) is 2.33. The number of fused-ring (bicyclic) bond motifs is 1. The average molecular weight is 359 g/mol. The molecule has 1 aliphatic rings. The van der Waals surface area contributed by atoms with Crippen LogP contribution in [0.4, 0.5) is 5.69 Å². The summed E-state index contributed by atoms with van der Waals surface area (Å²) < 4.78 is 20.4. The summed E-state index contributed by atoms with van der Waals surface area (Å²) in [4.78, 5) is 34.3. The molecule has 2 aromatic rings. The van der Waals surface area contributed by atoms with E-state index in [4.69, 9.17) is 14.2 Å². The Morgan fingerprint density at radius 3 is 2.23 bits per heavy atom. The van der Waals surface area contributed by atoms with Gasteiger partial charge in [-0.3, -0.25) is 10.1 Å². The van der Waals surface area contributed by atoms with Gasteiger partial charge in [-0.2, -0.15) is 0 Å². The molecule has 1 heterocycles. The van der Waals surface area contributed by atoms with Gasteiger partial charge in [0.25, 0.3) is 5.69 Å². The highest BCUT2D eigenvalue weighted by molar-refractivity contribution is 5.96. The van der Waals surface area contributed by atoms with Crippen LogP contribution in [-0.4, -0.2) is 37.2 Å². The van der Waals surface area contributed by atoms with E-state index in [-0.39, 0.29) is 41.6 Å². The number of benzene rings is 2. The molecule has 0 fully saturated rings. The second-order valence-corrected chi connectivity index (χ2v) is 5.18. The molecule has 2 aromatic carbocycles. The van der Waals surface area contributed by atoms with Gasteiger partial charge in [-0.05, 0) is 24.3 Å². The van der Waals surface area contributed by atoms with E-state index in [2.05, 4.69) is 4.74 Å². The standard InChI is InChI=1S/C17H13NO8/c1-23-16(19)10-2-4-11(5-3-10)26-17(20)12-8-14-15(25-7-6-24-14)9-13(12)18(21)22/h2-5,8-9H,6-7H2,1H3. The van der Waals surface area contributed by atoms with E-state index in [0.29, 0.717) is 0 Å². The SMILES string of the molecule is COC(=O)c1ccc(OC(=O)c2cc3c(cc2[N+](=O)[O-])OCCO3)cc1. The maximum Gasteiger partial charge on any atom is 0.350 e. The van der Waals surface area contributed by atoms with Crippen LogP contribution in [0.25, 0.3) is 0 Å². The molecular weight excluding hydrogens is 346 g/mol. The predicted molar refractivity (Wildman–Crippen MR) is 86.8 cm³/mol. The first kappa shape index (κ1) is 17.2. The predicted octanol–water partition coefficient (Wildman–Crippen LogP) is 2.37. The van der Waals surface area contributed by atoms with Crippen molar-refractivity contribution in [1.82, 2.24) is 0 Å². The number of rotatable bonds is 4. The third-order valence-electron chi connectivity index (χ3n) is 3.56. The summed E-state index contributed by atoms with van der Waals surface area (Å²) in [7, 11) is 1.25. The summed E-state index contributed by atoms with van der Waals surface area (Å²) in [6.07, 6.45) is 0. The number of hydrogen-bond donors (Lipinski definition) is 0. The van der Waals surface area contributed by atoms with Crippen LogP contribution in [0.1, 0.15) is 20.7 Å². The van der Waals surface area contributed by atoms with E-state index in [1.807, 2.05) is 0 Å². The molecule has 0 amide bonds. The molecule has 0 spiro atoms. The van der Waals surface area contributed by atoms with E-state index >= 15 is 0 Å². The van der Waals surface area contributed by atoms with Crippen LogP contribution in [0.2, 0.25) is 0 Å². The summed E-state index contributed by atoms with van der Waals surface area (Å²) in [5.41, 5.74) is -0.445. The zero-order chi connectivity index (χ0) is 18.7. The van der Waals surface area contributed by atoms with Gasteiger partial charge in [0.15, 0.2) is 11.5 Å². The van der Waals surface area contributed by atoms with Crippen molar-refractivity contribution in [2.75, 3.05) is 20.3 Å². The molecule has 0 atom stereocenters. The zero-order valence-electron chi connectivity index (χ0n) is 13.6. The van der Waals surface area contributed by atoms with Crippen LogP contribution >= 0.6 is 0 Å². The maximum absolute atomic E-state index is 12.4. The summed E-state index contributed by atoms with van der Waals surface area (Å²) >= 11 is 0. The minimum atomic E-state index is -0.931. The quantitative estimate of drug-likeness (QED) is 0.354. The molecule has 3 rings (SSSR count). The number of carbonyl (C=O) groups is 2. The number of nitro benzene ring substituents is 1. The Kier molecular flexibility index (Phi) is 4.70. The van der Waals surface area contributed by atoms with Gasteiger partial charge in [-0.1, -0.05) is 0 Å². The average Bonchev–Trinajstić information content (AvgIpc) is 2.66. The van der Waals surface area contributed by atoms with Gasteiger partial charge in [0.1, 0.15) is 24.5 Å². The molecule has 0 saturated carbocycles. The minimum absolute atomic E-state index is 0.117. The van der Waals surface area contributed by atoms with Gasteiger partial charge >= 0.3 is 11.9 Å². The van der Waals surface area contributed by atoms with Gasteiger partial charge < -0.3 is 18.9 Å². The molecule has 1 aliphatic heterocycles. The van der Waals surface area contributed by atoms with Crippen LogP contribution in [0, 0.1) is 10.1 Å². The molecule has 9 heteroatoms. The Morgan fingerprint density at radius 2 is 1.65 bits per heavy atom. The lowest BCUT2D eigenvalue weighted by molar-refractivity contribution is -0.385. The molecule has 0 aromatic heterocycles. The summed E-state index contributed by atoms with van der Waals surface area (Å²) in [5.74, 6) is -0.923. The van der Waals surface area contributed by atoms with E-state index in [1.54, 1.807) is 0 Å². The van der Waals surface area contributed by atoms with E-state index in [9.17, 15) is 19.7 Å². The zero-order valence-corrected chi connectivity index (χ0v) is 13.6. The second-order valence-electron chi connectivity index (χ2n) is 5.18. The van der Waals surface area contributed by atoms with Crippen LogP contribution in [-0.2, 0) is 4.74 Å². The molecular formula is C17H13NO8. The first-order chi connectivity index (χ1) is 12.5. The summed E-state index contributed by atoms with van der Waals surface area (Å²) in [5, 5.41) is 11.3. The van der Waals surface area contributed by atoms with Gasteiger partial charge in [-0.25, -0.2) is 9.59 Å². The molecule has 0 bridgehead atoms. The molecule has 9 nitrogen and oxygen atoms in total. The highest BCUT2D eigenvalue weighted by Gasteiger charge is 2.27. The number of nitrogens with zero attached hydrogens (tertiary/aromatic N) is 1. The Morgan fingerprint density at radius 1 is 1.04 bits per heavy atom. The fourth-order valence-electron chi connectivity index (χ4n) is 2.33. The van der Waals surface area contributed by atoms with E-state index < -0.39 is 22.5 Å². The Hall–Kier alpha value is -3.62. The lowest BCUT2D eigenvalue weighted by Crippen LogP contribution is -2.18. The molecule has 0 saturated heterocycles. The largest absolute Gasteiger partial charge is 0.486 e. The van der Waals surface area contributed by atoms with Crippen LogP contribution in [0.3, 0.4) is 0 Å². The number of ether oxygens (including phenoxy) is 4. The molecule has 26 heavy (non-hydrogen) atoms. The topological polar surface area (TPSA) is 114 Å². The summed E-state index contributed by atoms with van der Waals surface area (Å²) in [6.45, 7) is 0.536. The Labute approximate surface area is 147 Å². The summed E-state index contributed by atoms with van der Waals surface area (Å²) in [6, 6.07) is 7.94. The van der Waals surface area contributed by atoms with Crippen molar-refractivity contribution in [3.05, 3.63) is 57.6 Å². The molecule has 0 aliphatic carbocycles. The van der Waals surface area contributed by atoms with Crippen LogP contribution < -0.4 is 14.2 Å². The molecule has 0 N–H and O–H groups in total. The smallest absolute Gasteiger partial charge is 0.350 e. The number of carbonyl (C=O) groups excluding carboxylic acids is 2. The highest BCUT2D eigenvalue weighted by Crippen LogP contribution is 2.37. The molecule has 0 radical (unpaired) electrons. The third-order valence-corrected chi connectivity index (χ3v) is 3.56. The first-order valence-corrected chi connectivity index (χ1v) is 7.48.